The smallest absolute Gasteiger partial charge is 0.277 e. The maximum Gasteiger partial charge on any atom is 0.277 e. The molecule has 2 aromatic rings. The molecule has 0 aliphatic rings. The number of aryl methyl sites for hydroxylation is 1. The Morgan fingerprint density at radius 1 is 1.03 bits per heavy atom. The van der Waals surface area contributed by atoms with Gasteiger partial charge in [0.1, 0.15) is 5.82 Å². The minimum atomic E-state index is -1.32. The summed E-state index contributed by atoms with van der Waals surface area (Å²) in [6.45, 7) is 9.60. The minimum Gasteiger partial charge on any atom is -0.396 e. The van der Waals surface area contributed by atoms with Gasteiger partial charge in [0.05, 0.1) is 23.5 Å². The van der Waals surface area contributed by atoms with Crippen LogP contribution in [-0.4, -0.2) is 24.2 Å². The molecule has 29 heavy (non-hydrogen) atoms. The summed E-state index contributed by atoms with van der Waals surface area (Å²) in [6, 6.07) is 6.00. The predicted octanol–water partition coefficient (Wildman–Crippen LogP) is 5.25. The van der Waals surface area contributed by atoms with E-state index < -0.39 is 29.0 Å². The zero-order chi connectivity index (χ0) is 22.4. The standard InChI is InChI=1S/C17H17F3N2O3.2C2H6/c1-10-3-6-14(13(19)9-10)21-16-11(4-5-12(18)15(16)20)17(24)22-25-8-2-7-23;2*1-2/h3-6,9,21,23H,2,7-8H2,1H3,(H,22,24);2*1-2H3. The number of benzene rings is 2. The molecule has 0 radical (unpaired) electrons. The van der Waals surface area contributed by atoms with Crippen molar-refractivity contribution in [3.63, 3.8) is 0 Å². The number of anilines is 2. The summed E-state index contributed by atoms with van der Waals surface area (Å²) >= 11 is 0. The molecule has 1 amide bonds. The quantitative estimate of drug-likeness (QED) is 0.427. The van der Waals surface area contributed by atoms with E-state index in [1.807, 2.05) is 27.7 Å². The third-order valence-corrected chi connectivity index (χ3v) is 3.29. The first-order chi connectivity index (χ1) is 13.9. The van der Waals surface area contributed by atoms with Crippen molar-refractivity contribution in [2.75, 3.05) is 18.5 Å². The maximum atomic E-state index is 14.1. The van der Waals surface area contributed by atoms with Crippen LogP contribution in [0.4, 0.5) is 24.5 Å². The van der Waals surface area contributed by atoms with Gasteiger partial charge in [-0.15, -0.1) is 0 Å². The molecule has 2 rings (SSSR count). The highest BCUT2D eigenvalue weighted by molar-refractivity contribution is 5.99. The number of aliphatic hydroxyl groups excluding tert-OH is 1. The van der Waals surface area contributed by atoms with Crippen molar-refractivity contribution < 1.29 is 27.9 Å². The van der Waals surface area contributed by atoms with Crippen molar-refractivity contribution in [1.82, 2.24) is 5.48 Å². The number of carbonyl (C=O) groups excluding carboxylic acids is 1. The summed E-state index contributed by atoms with van der Waals surface area (Å²) in [5, 5.41) is 11.1. The number of halogens is 3. The highest BCUT2D eigenvalue weighted by atomic mass is 19.2. The van der Waals surface area contributed by atoms with E-state index in [1.165, 1.54) is 12.1 Å². The average Bonchev–Trinajstić information content (AvgIpc) is 2.73. The molecule has 2 aromatic carbocycles. The second-order valence-electron chi connectivity index (χ2n) is 5.25. The Labute approximate surface area is 169 Å². The first kappa shape index (κ1) is 26.4. The van der Waals surface area contributed by atoms with Crippen molar-refractivity contribution in [1.29, 1.82) is 0 Å². The summed E-state index contributed by atoms with van der Waals surface area (Å²) in [5.41, 5.74) is 1.83. The van der Waals surface area contributed by atoms with Crippen molar-refractivity contribution >= 4 is 17.3 Å². The van der Waals surface area contributed by atoms with Gasteiger partial charge in [-0.3, -0.25) is 9.63 Å². The van der Waals surface area contributed by atoms with Gasteiger partial charge in [0.25, 0.3) is 5.91 Å². The number of amides is 1. The molecule has 0 aliphatic carbocycles. The number of rotatable bonds is 7. The summed E-state index contributed by atoms with van der Waals surface area (Å²) in [7, 11) is 0. The van der Waals surface area contributed by atoms with Crippen LogP contribution >= 0.6 is 0 Å². The molecule has 3 N–H and O–H groups in total. The van der Waals surface area contributed by atoms with Gasteiger partial charge in [0.2, 0.25) is 0 Å². The van der Waals surface area contributed by atoms with Gasteiger partial charge in [-0.2, -0.15) is 0 Å². The van der Waals surface area contributed by atoms with Crippen LogP contribution in [0.5, 0.6) is 0 Å². The molecule has 0 saturated heterocycles. The molecule has 0 aromatic heterocycles. The highest BCUT2D eigenvalue weighted by Gasteiger charge is 2.20. The van der Waals surface area contributed by atoms with Crippen LogP contribution in [0.15, 0.2) is 30.3 Å². The molecular weight excluding hydrogens is 385 g/mol. The van der Waals surface area contributed by atoms with Crippen LogP contribution in [0, 0.1) is 24.4 Å². The van der Waals surface area contributed by atoms with E-state index in [2.05, 4.69) is 10.8 Å². The van der Waals surface area contributed by atoms with E-state index in [0.717, 1.165) is 12.1 Å². The van der Waals surface area contributed by atoms with Crippen molar-refractivity contribution in [2.24, 2.45) is 0 Å². The summed E-state index contributed by atoms with van der Waals surface area (Å²) < 4.78 is 41.7. The lowest BCUT2D eigenvalue weighted by atomic mass is 10.1. The Bertz CT molecular complexity index is 771. The zero-order valence-electron chi connectivity index (χ0n) is 17.4. The summed E-state index contributed by atoms with van der Waals surface area (Å²) in [5.74, 6) is -4.02. The van der Waals surface area contributed by atoms with E-state index in [0.29, 0.717) is 5.56 Å². The van der Waals surface area contributed by atoms with E-state index in [1.54, 1.807) is 13.0 Å². The number of carbonyl (C=O) groups is 1. The normalized spacial score (nSPS) is 9.55. The van der Waals surface area contributed by atoms with E-state index in [9.17, 15) is 18.0 Å². The summed E-state index contributed by atoms with van der Waals surface area (Å²) in [4.78, 5) is 16.9. The van der Waals surface area contributed by atoms with Crippen molar-refractivity contribution in [2.45, 2.75) is 41.0 Å². The second-order valence-corrected chi connectivity index (χ2v) is 5.25. The predicted molar refractivity (Wildman–Crippen MR) is 109 cm³/mol. The Morgan fingerprint density at radius 3 is 2.28 bits per heavy atom. The van der Waals surface area contributed by atoms with Crippen LogP contribution in [-0.2, 0) is 4.84 Å². The van der Waals surface area contributed by atoms with Gasteiger partial charge in [-0.1, -0.05) is 33.8 Å². The fourth-order valence-corrected chi connectivity index (χ4v) is 2.03. The minimum absolute atomic E-state index is 0.0429. The lowest BCUT2D eigenvalue weighted by Crippen LogP contribution is -2.25. The van der Waals surface area contributed by atoms with E-state index in [-0.39, 0.29) is 30.9 Å². The Hall–Kier alpha value is -2.58. The van der Waals surface area contributed by atoms with Gasteiger partial charge in [0, 0.05) is 6.61 Å². The Balaban J connectivity index is 0.00000184. The maximum absolute atomic E-state index is 14.1. The molecule has 0 spiro atoms. The van der Waals surface area contributed by atoms with Gasteiger partial charge < -0.3 is 10.4 Å². The molecule has 0 atom stereocenters. The number of nitrogens with one attached hydrogen (secondary N) is 2. The topological polar surface area (TPSA) is 70.6 Å². The molecule has 0 aliphatic heterocycles. The van der Waals surface area contributed by atoms with Gasteiger partial charge >= 0.3 is 0 Å². The molecule has 0 heterocycles. The summed E-state index contributed by atoms with van der Waals surface area (Å²) in [6.07, 6.45) is 0.289. The number of hydroxylamine groups is 1. The zero-order valence-corrected chi connectivity index (χ0v) is 17.4. The van der Waals surface area contributed by atoms with Gasteiger partial charge in [-0.25, -0.2) is 18.7 Å². The first-order valence-corrected chi connectivity index (χ1v) is 9.48. The van der Waals surface area contributed by atoms with Crippen molar-refractivity contribution in [3.8, 4) is 0 Å². The first-order valence-electron chi connectivity index (χ1n) is 9.48. The fourth-order valence-electron chi connectivity index (χ4n) is 2.03. The van der Waals surface area contributed by atoms with E-state index in [4.69, 9.17) is 9.94 Å². The molecule has 0 bridgehead atoms. The van der Waals surface area contributed by atoms with Crippen molar-refractivity contribution in [3.05, 3.63) is 58.9 Å². The third kappa shape index (κ3) is 8.13. The lowest BCUT2D eigenvalue weighted by Gasteiger charge is -2.14. The molecule has 0 unspecified atom stereocenters. The van der Waals surface area contributed by atoms with Crippen LogP contribution in [0.3, 0.4) is 0 Å². The lowest BCUT2D eigenvalue weighted by molar-refractivity contribution is 0.0262. The van der Waals surface area contributed by atoms with Crippen LogP contribution in [0.25, 0.3) is 0 Å². The second kappa shape index (κ2) is 14.4. The highest BCUT2D eigenvalue weighted by Crippen LogP contribution is 2.28. The molecule has 0 fully saturated rings. The largest absolute Gasteiger partial charge is 0.396 e. The molecule has 5 nitrogen and oxygen atoms in total. The van der Waals surface area contributed by atoms with Gasteiger partial charge in [-0.05, 0) is 43.2 Å². The number of aliphatic hydroxyl groups is 1. The SMILES string of the molecule is CC.CC.Cc1ccc(Nc2c(C(=O)NOCCCO)ccc(F)c2F)c(F)c1. The fraction of sp³-hybridized carbons (Fsp3) is 0.381. The molecular formula is C21H29F3N2O3. The van der Waals surface area contributed by atoms with Crippen LogP contribution < -0.4 is 10.8 Å². The Kier molecular flexibility index (Phi) is 13.1. The van der Waals surface area contributed by atoms with Gasteiger partial charge in [0.15, 0.2) is 11.6 Å². The number of hydrogen-bond donors (Lipinski definition) is 3. The third-order valence-electron chi connectivity index (χ3n) is 3.29. The monoisotopic (exact) mass is 414 g/mol. The number of hydrogen-bond acceptors (Lipinski definition) is 4. The Morgan fingerprint density at radius 2 is 1.69 bits per heavy atom. The molecule has 162 valence electrons. The van der Waals surface area contributed by atoms with Crippen LogP contribution in [0.2, 0.25) is 0 Å². The molecule has 0 saturated carbocycles. The van der Waals surface area contributed by atoms with Crippen LogP contribution in [0.1, 0.15) is 50.0 Å². The van der Waals surface area contributed by atoms with E-state index >= 15 is 0 Å². The average molecular weight is 414 g/mol. The molecule has 8 heteroatoms.